The van der Waals surface area contributed by atoms with Crippen LogP contribution in [0.1, 0.15) is 2.85 Å². The average molecular weight is 318 g/mol. The third-order valence-corrected chi connectivity index (χ3v) is 4.59. The SMILES string of the molecule is O=C(O)CSCCSCCSCC(=O)O.[H-].[H-].[Na+].[Na+]. The number of hydrogen-bond donors (Lipinski definition) is 2. The molecule has 17 heavy (non-hydrogen) atoms. The molecule has 9 heteroatoms. The molecule has 0 saturated carbocycles. The van der Waals surface area contributed by atoms with E-state index < -0.39 is 11.9 Å². The molecule has 0 bridgehead atoms. The van der Waals surface area contributed by atoms with E-state index in [0.717, 1.165) is 23.0 Å². The molecule has 0 saturated heterocycles. The maximum Gasteiger partial charge on any atom is 1.00 e. The third kappa shape index (κ3) is 23.5. The Balaban J connectivity index is -0.000000163. The summed E-state index contributed by atoms with van der Waals surface area (Å²) in [4.78, 5) is 20.3. The van der Waals surface area contributed by atoms with Crippen LogP contribution in [0.15, 0.2) is 0 Å². The van der Waals surface area contributed by atoms with Gasteiger partial charge in [0.15, 0.2) is 0 Å². The van der Waals surface area contributed by atoms with Crippen LogP contribution in [0.3, 0.4) is 0 Å². The van der Waals surface area contributed by atoms with Crippen molar-refractivity contribution in [1.82, 2.24) is 0 Å². The molecule has 0 fully saturated rings. The van der Waals surface area contributed by atoms with Gasteiger partial charge in [0.1, 0.15) is 0 Å². The molecule has 0 radical (unpaired) electrons. The zero-order valence-corrected chi connectivity index (χ0v) is 16.6. The molecular weight excluding hydrogens is 302 g/mol. The minimum Gasteiger partial charge on any atom is -1.00 e. The normalized spacial score (nSPS) is 8.94. The van der Waals surface area contributed by atoms with Gasteiger partial charge in [0, 0.05) is 23.0 Å². The van der Waals surface area contributed by atoms with E-state index in [0.29, 0.717) is 0 Å². The van der Waals surface area contributed by atoms with Gasteiger partial charge in [-0.3, -0.25) is 9.59 Å². The largest absolute Gasteiger partial charge is 1.00 e. The molecule has 0 heterocycles. The predicted octanol–water partition coefficient (Wildman–Crippen LogP) is -4.41. The standard InChI is InChI=1S/C8H14O4S3.2Na.2H/c9-7(10)5-14-3-1-13-2-4-15-6-8(11)12;;;;/h1-6H2,(H,9,10)(H,11,12);;;;/q;2*+1;2*-1. The molecule has 0 aliphatic heterocycles. The summed E-state index contributed by atoms with van der Waals surface area (Å²) in [5, 5.41) is 16.7. The van der Waals surface area contributed by atoms with Gasteiger partial charge in [-0.25, -0.2) is 0 Å². The average Bonchev–Trinajstić information content (AvgIpc) is 2.14. The summed E-state index contributed by atoms with van der Waals surface area (Å²) < 4.78 is 0. The molecule has 0 unspecified atom stereocenters. The summed E-state index contributed by atoms with van der Waals surface area (Å²) in [6.07, 6.45) is 0. The van der Waals surface area contributed by atoms with Gasteiger partial charge in [-0.2, -0.15) is 11.8 Å². The van der Waals surface area contributed by atoms with Gasteiger partial charge < -0.3 is 13.1 Å². The van der Waals surface area contributed by atoms with Gasteiger partial charge in [0.25, 0.3) is 0 Å². The molecule has 0 rings (SSSR count). The fourth-order valence-electron chi connectivity index (χ4n) is 0.657. The van der Waals surface area contributed by atoms with E-state index >= 15 is 0 Å². The third-order valence-electron chi connectivity index (χ3n) is 1.20. The molecule has 0 atom stereocenters. The van der Waals surface area contributed by atoms with Gasteiger partial charge in [-0.05, 0) is 0 Å². The van der Waals surface area contributed by atoms with E-state index in [2.05, 4.69) is 0 Å². The Kier molecular flexibility index (Phi) is 25.4. The van der Waals surface area contributed by atoms with Crippen LogP contribution in [0.4, 0.5) is 0 Å². The van der Waals surface area contributed by atoms with E-state index in [-0.39, 0.29) is 73.5 Å². The maximum absolute atomic E-state index is 10.2. The van der Waals surface area contributed by atoms with E-state index in [1.807, 2.05) is 0 Å². The van der Waals surface area contributed by atoms with Crippen molar-refractivity contribution < 1.29 is 81.8 Å². The van der Waals surface area contributed by atoms with Crippen molar-refractivity contribution in [1.29, 1.82) is 0 Å². The summed E-state index contributed by atoms with van der Waals surface area (Å²) in [5.74, 6) is 2.28. The number of rotatable bonds is 10. The maximum atomic E-state index is 10.2. The predicted molar refractivity (Wildman–Crippen MR) is 69.5 cm³/mol. The molecule has 0 aromatic carbocycles. The number of thioether (sulfide) groups is 3. The number of carboxylic acid groups (broad SMARTS) is 2. The van der Waals surface area contributed by atoms with Crippen LogP contribution in [-0.2, 0) is 9.59 Å². The Morgan fingerprint density at radius 2 is 1.06 bits per heavy atom. The summed E-state index contributed by atoms with van der Waals surface area (Å²) in [7, 11) is 0. The molecule has 0 aliphatic rings. The zero-order chi connectivity index (χ0) is 11.5. The van der Waals surface area contributed by atoms with Gasteiger partial charge in [-0.15, -0.1) is 23.5 Å². The summed E-state index contributed by atoms with van der Waals surface area (Å²) in [5.41, 5.74) is 0. The van der Waals surface area contributed by atoms with Crippen molar-refractivity contribution in [2.45, 2.75) is 0 Å². The van der Waals surface area contributed by atoms with Crippen LogP contribution < -0.4 is 59.1 Å². The van der Waals surface area contributed by atoms with Gasteiger partial charge in [0.05, 0.1) is 11.5 Å². The van der Waals surface area contributed by atoms with Crippen LogP contribution in [0.2, 0.25) is 0 Å². The molecule has 2 N–H and O–H groups in total. The van der Waals surface area contributed by atoms with E-state index in [1.165, 1.54) is 23.5 Å². The Labute approximate surface area is 161 Å². The Morgan fingerprint density at radius 1 is 0.765 bits per heavy atom. The molecule has 0 aliphatic carbocycles. The summed E-state index contributed by atoms with van der Waals surface area (Å²) >= 11 is 4.55. The second kappa shape index (κ2) is 18.0. The minimum absolute atomic E-state index is 0. The number of aliphatic carboxylic acids is 2. The number of carboxylic acids is 2. The molecule has 92 valence electrons. The van der Waals surface area contributed by atoms with Crippen molar-refractivity contribution in [2.75, 3.05) is 34.5 Å². The number of carbonyl (C=O) groups is 2. The fourth-order valence-corrected chi connectivity index (χ4v) is 3.38. The first kappa shape index (κ1) is 24.0. The number of hydrogen-bond acceptors (Lipinski definition) is 5. The summed E-state index contributed by atoms with van der Waals surface area (Å²) in [6, 6.07) is 0. The van der Waals surface area contributed by atoms with Crippen LogP contribution in [0, 0.1) is 0 Å². The van der Waals surface area contributed by atoms with E-state index in [4.69, 9.17) is 10.2 Å². The van der Waals surface area contributed by atoms with E-state index in [1.54, 1.807) is 11.8 Å². The Hall–Kier alpha value is 1.99. The summed E-state index contributed by atoms with van der Waals surface area (Å²) in [6.45, 7) is 0. The molecule has 0 aromatic heterocycles. The smallest absolute Gasteiger partial charge is 1.00 e. The topological polar surface area (TPSA) is 74.6 Å². The van der Waals surface area contributed by atoms with Gasteiger partial charge in [-0.1, -0.05) is 0 Å². The first-order valence-electron chi connectivity index (χ1n) is 4.29. The molecule has 4 nitrogen and oxygen atoms in total. The van der Waals surface area contributed by atoms with Crippen LogP contribution >= 0.6 is 35.3 Å². The molecule has 0 aromatic rings. The van der Waals surface area contributed by atoms with Crippen molar-refractivity contribution in [2.24, 2.45) is 0 Å². The van der Waals surface area contributed by atoms with Gasteiger partial charge >= 0.3 is 71.1 Å². The minimum atomic E-state index is -0.776. The van der Waals surface area contributed by atoms with Crippen molar-refractivity contribution >= 4 is 47.2 Å². The second-order valence-corrected chi connectivity index (χ2v) is 5.94. The van der Waals surface area contributed by atoms with Crippen molar-refractivity contribution in [3.8, 4) is 0 Å². The fraction of sp³-hybridized carbons (Fsp3) is 0.750. The van der Waals surface area contributed by atoms with E-state index in [9.17, 15) is 9.59 Å². The van der Waals surface area contributed by atoms with Crippen LogP contribution in [-0.4, -0.2) is 56.7 Å². The Bertz CT molecular complexity index is 196. The first-order valence-corrected chi connectivity index (χ1v) is 7.76. The monoisotopic (exact) mass is 318 g/mol. The first-order chi connectivity index (χ1) is 7.13. The van der Waals surface area contributed by atoms with Crippen molar-refractivity contribution in [3.63, 3.8) is 0 Å². The Morgan fingerprint density at radius 3 is 1.35 bits per heavy atom. The van der Waals surface area contributed by atoms with Crippen LogP contribution in [0.5, 0.6) is 0 Å². The van der Waals surface area contributed by atoms with Crippen LogP contribution in [0.25, 0.3) is 0 Å². The van der Waals surface area contributed by atoms with Gasteiger partial charge in [0.2, 0.25) is 0 Å². The van der Waals surface area contributed by atoms with Crippen molar-refractivity contribution in [3.05, 3.63) is 0 Å². The molecular formula is C8H16Na2O4S3. The zero-order valence-electron chi connectivity index (χ0n) is 12.2. The second-order valence-electron chi connectivity index (χ2n) is 2.51. The molecule has 0 amide bonds. The quantitative estimate of drug-likeness (QED) is 0.311. The molecule has 0 spiro atoms.